The van der Waals surface area contributed by atoms with Crippen molar-refractivity contribution in [3.05, 3.63) is 52.8 Å². The predicted octanol–water partition coefficient (Wildman–Crippen LogP) is 4.73. The van der Waals surface area contributed by atoms with E-state index in [9.17, 15) is 30.0 Å². The Hall–Kier alpha value is -4.37. The molecule has 16 heteroatoms. The molecular formula is C46H65N4O11P. The number of fused-ring (bicyclic) bond motifs is 1. The third-order valence-corrected chi connectivity index (χ3v) is 15.7. The quantitative estimate of drug-likeness (QED) is 0.146. The maximum atomic E-state index is 14.7. The molecule has 4 aliphatic rings. The highest BCUT2D eigenvalue weighted by Gasteiger charge is 2.50. The number of aliphatic hydroxyl groups is 2. The fourth-order valence-corrected chi connectivity index (χ4v) is 11.7. The SMILES string of the molecule is COCCN1CCN(/N=C/c2c3c4c5c(O)c(C)c6c(c5c2O)C(=O)[C@@](C)(O/C=C/[C@H](OC)[C@@H](C)[C@@H](OC(C)=O)[C@H](C)[C@H](O)[C@H](C)[C@@H](O)[C@@H](C)/C=C/C=C(/C)C(=[PH]4C)N3)O6)CC1. The molecule has 0 aromatic heterocycles. The number of allylic oxidation sites excluding steroid dienone is 2. The lowest BCUT2D eigenvalue weighted by molar-refractivity contribution is -0.160. The van der Waals surface area contributed by atoms with Gasteiger partial charge in [0, 0.05) is 112 Å². The fourth-order valence-electron chi connectivity index (χ4n) is 9.24. The number of carbonyl (C=O) groups excluding carboxylic acids is 2. The second-order valence-electron chi connectivity index (χ2n) is 17.3. The first kappa shape index (κ1) is 47.1. The maximum Gasteiger partial charge on any atom is 0.312 e. The fraction of sp³-hybridized carbons (Fsp3) is 0.565. The molecule has 2 aromatic rings. The minimum absolute atomic E-state index is 0.0841. The first-order valence-corrected chi connectivity index (χ1v) is 23.4. The third-order valence-electron chi connectivity index (χ3n) is 13.2. The summed E-state index contributed by atoms with van der Waals surface area (Å²) in [6.07, 6.45) is 6.64. The van der Waals surface area contributed by atoms with Gasteiger partial charge in [-0.3, -0.25) is 19.5 Å². The Kier molecular flexibility index (Phi) is 14.6. The molecule has 10 atom stereocenters. The van der Waals surface area contributed by atoms with Gasteiger partial charge in [0.2, 0.25) is 0 Å². The predicted molar refractivity (Wildman–Crippen MR) is 244 cm³/mol. The van der Waals surface area contributed by atoms with Gasteiger partial charge in [0.15, 0.2) is 0 Å². The van der Waals surface area contributed by atoms with E-state index in [-0.39, 0.29) is 34.1 Å². The monoisotopic (exact) mass is 880 g/mol. The molecule has 2 aromatic carbocycles. The molecule has 1 saturated heterocycles. The van der Waals surface area contributed by atoms with E-state index in [2.05, 4.69) is 16.9 Å². The molecule has 0 radical (unpaired) electrons. The summed E-state index contributed by atoms with van der Waals surface area (Å²) in [5.41, 5.74) is 3.18. The molecule has 0 spiro atoms. The van der Waals surface area contributed by atoms with Gasteiger partial charge in [-0.05, 0) is 32.2 Å². The van der Waals surface area contributed by atoms with Crippen LogP contribution in [0.15, 0.2) is 41.2 Å². The van der Waals surface area contributed by atoms with Crippen LogP contribution in [0.2, 0.25) is 0 Å². The van der Waals surface area contributed by atoms with Crippen LogP contribution < -0.4 is 15.4 Å². The van der Waals surface area contributed by atoms with Crippen molar-refractivity contribution in [2.75, 3.05) is 65.5 Å². The number of anilines is 1. The van der Waals surface area contributed by atoms with Crippen molar-refractivity contribution >= 4 is 52.7 Å². The number of aromatic hydroxyl groups is 2. The molecule has 0 saturated carbocycles. The molecule has 6 bridgehead atoms. The second kappa shape index (κ2) is 19.2. The topological polar surface area (TPSA) is 192 Å². The number of hydrogen-bond donors (Lipinski definition) is 5. The lowest BCUT2D eigenvalue weighted by atomic mass is 9.78. The van der Waals surface area contributed by atoms with Crippen molar-refractivity contribution in [3.8, 4) is 17.2 Å². The number of methoxy groups -OCH3 is 2. The van der Waals surface area contributed by atoms with Crippen molar-refractivity contribution in [3.63, 3.8) is 0 Å². The Morgan fingerprint density at radius 3 is 2.35 bits per heavy atom. The van der Waals surface area contributed by atoms with Gasteiger partial charge in [-0.25, -0.2) is 0 Å². The summed E-state index contributed by atoms with van der Waals surface area (Å²) in [5.74, 6) is -5.39. The number of ether oxygens (including phenoxy) is 5. The Morgan fingerprint density at radius 1 is 1.02 bits per heavy atom. The number of esters is 1. The zero-order valence-electron chi connectivity index (χ0n) is 37.8. The van der Waals surface area contributed by atoms with Crippen molar-refractivity contribution in [2.45, 2.75) is 85.6 Å². The van der Waals surface area contributed by atoms with E-state index in [1.54, 1.807) is 40.2 Å². The molecule has 6 rings (SSSR count). The van der Waals surface area contributed by atoms with Crippen molar-refractivity contribution < 1.29 is 53.7 Å². The van der Waals surface area contributed by atoms with Gasteiger partial charge in [-0.15, -0.1) is 0 Å². The number of rotatable bonds is 7. The number of phenolic OH excluding ortho intramolecular Hbond substituents is 2. The Labute approximate surface area is 365 Å². The number of hydrazone groups is 1. The van der Waals surface area contributed by atoms with E-state index in [4.69, 9.17) is 28.8 Å². The van der Waals surface area contributed by atoms with Gasteiger partial charge in [0.1, 0.15) is 23.4 Å². The average Bonchev–Trinajstić information content (AvgIpc) is 3.72. The minimum Gasteiger partial charge on any atom is -0.507 e. The van der Waals surface area contributed by atoms with E-state index in [1.165, 1.54) is 27.2 Å². The van der Waals surface area contributed by atoms with E-state index < -0.39 is 67.3 Å². The van der Waals surface area contributed by atoms with Crippen LogP contribution in [-0.2, 0) is 23.7 Å². The van der Waals surface area contributed by atoms with E-state index in [1.807, 2.05) is 44.0 Å². The van der Waals surface area contributed by atoms with Crippen LogP contribution in [0.5, 0.6) is 17.2 Å². The first-order valence-electron chi connectivity index (χ1n) is 21.4. The van der Waals surface area contributed by atoms with Gasteiger partial charge in [0.05, 0.1) is 54.2 Å². The number of Topliss-reactive ketones (excluding diaryl/α,β-unsaturated/α-hetero) is 1. The van der Waals surface area contributed by atoms with E-state index >= 15 is 0 Å². The van der Waals surface area contributed by atoms with Crippen LogP contribution >= 0.6 is 7.55 Å². The second-order valence-corrected chi connectivity index (χ2v) is 19.6. The highest BCUT2D eigenvalue weighted by Crippen LogP contribution is 2.54. The van der Waals surface area contributed by atoms with Gasteiger partial charge in [0.25, 0.3) is 5.78 Å². The molecule has 15 nitrogen and oxygen atoms in total. The van der Waals surface area contributed by atoms with Crippen LogP contribution in [0.4, 0.5) is 5.69 Å². The number of piperazine rings is 1. The number of carbonyl (C=O) groups is 2. The standard InChI is InChI=1S/C46H65N4O11P/c1-24-13-12-14-25(2)45-48-36-31(23-47-50-18-16-49(17-19-50)20-22-57-9)40(55)33-34(43(36)62(45)11)39(54)29(6)42-35(33)44(56)46(8,61-42)59-21-15-32(58-10)26(3)41(60-30(7)51)28(5)38(53)27(4)37(24)52/h12-15,21,23-24,26-28,32,37-38,41,48,52-55,62H,16-20,22H2,1-11H3/b13-12+,21-15+,25-14-,47-23+/t24-,26+,27+,28+,32-,37-,38+,41+,46-/m0/s1. The number of hydrogen-bond acceptors (Lipinski definition) is 15. The summed E-state index contributed by atoms with van der Waals surface area (Å²) < 4.78 is 29.4. The average molecular weight is 881 g/mol. The largest absolute Gasteiger partial charge is 0.507 e. The summed E-state index contributed by atoms with van der Waals surface area (Å²) >= 11 is 0. The number of nitrogens with zero attached hydrogens (tertiary/aromatic N) is 3. The van der Waals surface area contributed by atoms with Crippen LogP contribution in [0.3, 0.4) is 0 Å². The van der Waals surface area contributed by atoms with Crippen LogP contribution in [0, 0.1) is 30.6 Å². The van der Waals surface area contributed by atoms with Gasteiger partial charge in [-0.1, -0.05) is 53.5 Å². The van der Waals surface area contributed by atoms with Crippen LogP contribution in [0.1, 0.15) is 70.0 Å². The summed E-state index contributed by atoms with van der Waals surface area (Å²) in [5, 5.41) is 59.3. The van der Waals surface area contributed by atoms with Crippen LogP contribution in [0.25, 0.3) is 10.8 Å². The Bertz CT molecular complexity index is 2210. The number of nitrogens with one attached hydrogen (secondary N) is 1. The normalized spacial score (nSPS) is 32.8. The number of aliphatic hydroxyl groups excluding tert-OH is 2. The van der Waals surface area contributed by atoms with Gasteiger partial charge >= 0.3 is 11.8 Å². The highest BCUT2D eigenvalue weighted by atomic mass is 31.1. The molecule has 0 amide bonds. The minimum atomic E-state index is -1.91. The number of ketones is 1. The maximum absolute atomic E-state index is 14.7. The molecule has 1 unspecified atom stereocenters. The van der Waals surface area contributed by atoms with E-state index in [0.717, 1.165) is 35.9 Å². The van der Waals surface area contributed by atoms with Crippen molar-refractivity contribution in [2.24, 2.45) is 28.8 Å². The van der Waals surface area contributed by atoms with Gasteiger partial charge < -0.3 is 49.4 Å². The van der Waals surface area contributed by atoms with Crippen molar-refractivity contribution in [1.29, 1.82) is 0 Å². The highest BCUT2D eigenvalue weighted by molar-refractivity contribution is 7.68. The lowest BCUT2D eigenvalue weighted by Crippen LogP contribution is -2.46. The molecule has 5 N–H and O–H groups in total. The Morgan fingerprint density at radius 2 is 1.71 bits per heavy atom. The van der Waals surface area contributed by atoms with Gasteiger partial charge in [-0.2, -0.15) is 5.10 Å². The number of phenols is 2. The smallest absolute Gasteiger partial charge is 0.312 e. The number of benzene rings is 2. The molecular weight excluding hydrogens is 815 g/mol. The zero-order chi connectivity index (χ0) is 45.4. The molecule has 62 heavy (non-hydrogen) atoms. The van der Waals surface area contributed by atoms with Crippen molar-refractivity contribution in [1.82, 2.24) is 9.91 Å². The molecule has 0 aliphatic carbocycles. The van der Waals surface area contributed by atoms with E-state index in [0.29, 0.717) is 41.9 Å². The molecule has 4 aliphatic heterocycles. The summed E-state index contributed by atoms with van der Waals surface area (Å²) in [7, 11) is 1.47. The van der Waals surface area contributed by atoms with Crippen LogP contribution in [-0.4, -0.2) is 144 Å². The lowest BCUT2D eigenvalue weighted by Gasteiger charge is -2.38. The summed E-state index contributed by atoms with van der Waals surface area (Å²) in [6, 6.07) is 0. The third kappa shape index (κ3) is 8.89. The first-order chi connectivity index (χ1) is 29.4. The zero-order valence-corrected chi connectivity index (χ0v) is 38.8. The summed E-state index contributed by atoms with van der Waals surface area (Å²) in [6.45, 7) is 20.2. The Balaban J connectivity index is 1.52. The molecule has 1 fully saturated rings. The molecule has 340 valence electrons. The summed E-state index contributed by atoms with van der Waals surface area (Å²) in [4.78, 5) is 29.5. The molecule has 4 heterocycles.